The summed E-state index contributed by atoms with van der Waals surface area (Å²) in [6.45, 7) is 3.86. The SMILES string of the molecule is CCCCCCOCC(O)COc1ccccc1CN. The van der Waals surface area contributed by atoms with Gasteiger partial charge >= 0.3 is 0 Å². The van der Waals surface area contributed by atoms with Crippen molar-refractivity contribution in [3.63, 3.8) is 0 Å². The average molecular weight is 281 g/mol. The zero-order valence-electron chi connectivity index (χ0n) is 12.4. The lowest BCUT2D eigenvalue weighted by atomic mass is 10.2. The van der Waals surface area contributed by atoms with Crippen molar-refractivity contribution >= 4 is 0 Å². The summed E-state index contributed by atoms with van der Waals surface area (Å²) < 4.78 is 11.0. The molecule has 3 N–H and O–H groups in total. The van der Waals surface area contributed by atoms with Crippen molar-refractivity contribution in [3.05, 3.63) is 29.8 Å². The van der Waals surface area contributed by atoms with E-state index < -0.39 is 6.10 Å². The highest BCUT2D eigenvalue weighted by Crippen LogP contribution is 2.17. The quantitative estimate of drug-likeness (QED) is 0.612. The minimum Gasteiger partial charge on any atom is -0.490 e. The van der Waals surface area contributed by atoms with Crippen LogP contribution in [-0.4, -0.2) is 31.0 Å². The third kappa shape index (κ3) is 6.89. The first-order chi connectivity index (χ1) is 9.77. The molecule has 0 aliphatic heterocycles. The normalized spacial score (nSPS) is 12.3. The van der Waals surface area contributed by atoms with E-state index in [1.165, 1.54) is 19.3 Å². The zero-order valence-corrected chi connectivity index (χ0v) is 12.4. The van der Waals surface area contributed by atoms with E-state index in [2.05, 4.69) is 6.92 Å². The van der Waals surface area contributed by atoms with Gasteiger partial charge in [0.25, 0.3) is 0 Å². The second kappa shape index (κ2) is 10.7. The molecule has 114 valence electrons. The second-order valence-corrected chi connectivity index (χ2v) is 4.91. The van der Waals surface area contributed by atoms with Crippen molar-refractivity contribution in [2.45, 2.75) is 45.3 Å². The molecule has 0 aliphatic carbocycles. The first-order valence-corrected chi connectivity index (χ1v) is 7.44. The van der Waals surface area contributed by atoms with Gasteiger partial charge in [-0.25, -0.2) is 0 Å². The Morgan fingerprint density at radius 1 is 1.15 bits per heavy atom. The molecule has 0 aromatic heterocycles. The van der Waals surface area contributed by atoms with Crippen LogP contribution in [0.4, 0.5) is 0 Å². The highest BCUT2D eigenvalue weighted by atomic mass is 16.5. The molecule has 1 atom stereocenters. The van der Waals surface area contributed by atoms with Gasteiger partial charge in [-0.3, -0.25) is 0 Å². The minimum absolute atomic E-state index is 0.228. The number of unbranched alkanes of at least 4 members (excludes halogenated alkanes) is 3. The number of aliphatic hydroxyl groups is 1. The number of aliphatic hydroxyl groups excluding tert-OH is 1. The highest BCUT2D eigenvalue weighted by Gasteiger charge is 2.07. The van der Waals surface area contributed by atoms with Crippen molar-refractivity contribution in [3.8, 4) is 5.75 Å². The summed E-state index contributed by atoms with van der Waals surface area (Å²) in [6.07, 6.45) is 4.10. The molecular weight excluding hydrogens is 254 g/mol. The molecule has 1 aromatic carbocycles. The predicted molar refractivity (Wildman–Crippen MR) is 80.8 cm³/mol. The molecule has 0 saturated carbocycles. The van der Waals surface area contributed by atoms with Gasteiger partial charge in [0.2, 0.25) is 0 Å². The largest absolute Gasteiger partial charge is 0.490 e. The number of hydrogen-bond donors (Lipinski definition) is 2. The van der Waals surface area contributed by atoms with E-state index in [1.807, 2.05) is 24.3 Å². The molecule has 0 saturated heterocycles. The summed E-state index contributed by atoms with van der Waals surface area (Å²) >= 11 is 0. The summed E-state index contributed by atoms with van der Waals surface area (Å²) in [5, 5.41) is 9.80. The Balaban J connectivity index is 2.14. The molecule has 1 rings (SSSR count). The fraction of sp³-hybridized carbons (Fsp3) is 0.625. The summed E-state index contributed by atoms with van der Waals surface area (Å²) in [6, 6.07) is 7.60. The van der Waals surface area contributed by atoms with Gasteiger partial charge in [0, 0.05) is 18.7 Å². The van der Waals surface area contributed by atoms with Gasteiger partial charge in [0.1, 0.15) is 18.5 Å². The van der Waals surface area contributed by atoms with Crippen LogP contribution in [0.25, 0.3) is 0 Å². The van der Waals surface area contributed by atoms with E-state index in [9.17, 15) is 5.11 Å². The average Bonchev–Trinajstić information content (AvgIpc) is 2.49. The smallest absolute Gasteiger partial charge is 0.123 e. The van der Waals surface area contributed by atoms with Crippen LogP contribution in [0.2, 0.25) is 0 Å². The summed E-state index contributed by atoms with van der Waals surface area (Å²) in [4.78, 5) is 0. The Bertz CT molecular complexity index is 357. The highest BCUT2D eigenvalue weighted by molar-refractivity contribution is 5.32. The first kappa shape index (κ1) is 17.0. The van der Waals surface area contributed by atoms with Crippen LogP contribution in [0.3, 0.4) is 0 Å². The first-order valence-electron chi connectivity index (χ1n) is 7.44. The van der Waals surface area contributed by atoms with Crippen LogP contribution in [0.15, 0.2) is 24.3 Å². The predicted octanol–water partition coefficient (Wildman–Crippen LogP) is 2.48. The lowest BCUT2D eigenvalue weighted by molar-refractivity contribution is 0.0108. The number of rotatable bonds is 11. The molecule has 0 fully saturated rings. The lowest BCUT2D eigenvalue weighted by Crippen LogP contribution is -2.24. The van der Waals surface area contributed by atoms with Gasteiger partial charge in [-0.15, -0.1) is 0 Å². The van der Waals surface area contributed by atoms with Crippen LogP contribution < -0.4 is 10.5 Å². The third-order valence-corrected chi connectivity index (χ3v) is 3.08. The monoisotopic (exact) mass is 281 g/mol. The topological polar surface area (TPSA) is 64.7 Å². The van der Waals surface area contributed by atoms with Crippen molar-refractivity contribution in [1.82, 2.24) is 0 Å². The van der Waals surface area contributed by atoms with Crippen LogP contribution in [0, 0.1) is 0 Å². The van der Waals surface area contributed by atoms with Crippen molar-refractivity contribution in [2.24, 2.45) is 5.73 Å². The van der Waals surface area contributed by atoms with Crippen LogP contribution in [0.1, 0.15) is 38.2 Å². The Labute approximate surface area is 121 Å². The van der Waals surface area contributed by atoms with Crippen molar-refractivity contribution in [1.29, 1.82) is 0 Å². The van der Waals surface area contributed by atoms with Crippen LogP contribution in [-0.2, 0) is 11.3 Å². The van der Waals surface area contributed by atoms with Gasteiger partial charge in [0.05, 0.1) is 6.61 Å². The summed E-state index contributed by atoms with van der Waals surface area (Å²) in [5.41, 5.74) is 6.57. The molecule has 4 heteroatoms. The van der Waals surface area contributed by atoms with E-state index in [1.54, 1.807) is 0 Å². The maximum absolute atomic E-state index is 9.80. The second-order valence-electron chi connectivity index (χ2n) is 4.91. The molecule has 1 aromatic rings. The van der Waals surface area contributed by atoms with Crippen molar-refractivity contribution < 1.29 is 14.6 Å². The van der Waals surface area contributed by atoms with E-state index in [0.717, 1.165) is 17.7 Å². The molecule has 20 heavy (non-hydrogen) atoms. The van der Waals surface area contributed by atoms with Gasteiger partial charge < -0.3 is 20.3 Å². The van der Waals surface area contributed by atoms with Crippen molar-refractivity contribution in [2.75, 3.05) is 19.8 Å². The number of para-hydroxylation sites is 1. The molecule has 0 spiro atoms. The van der Waals surface area contributed by atoms with E-state index in [4.69, 9.17) is 15.2 Å². The fourth-order valence-electron chi connectivity index (χ4n) is 1.90. The van der Waals surface area contributed by atoms with Gasteiger partial charge in [-0.05, 0) is 12.5 Å². The van der Waals surface area contributed by atoms with E-state index in [0.29, 0.717) is 19.8 Å². The maximum atomic E-state index is 9.80. The van der Waals surface area contributed by atoms with Gasteiger partial charge in [0.15, 0.2) is 0 Å². The molecule has 4 nitrogen and oxygen atoms in total. The third-order valence-electron chi connectivity index (χ3n) is 3.08. The Kier molecular flexibility index (Phi) is 9.04. The lowest BCUT2D eigenvalue weighted by Gasteiger charge is -2.14. The van der Waals surface area contributed by atoms with E-state index in [-0.39, 0.29) is 6.61 Å². The summed E-state index contributed by atoms with van der Waals surface area (Å²) in [7, 11) is 0. The minimum atomic E-state index is -0.605. The number of benzene rings is 1. The molecular formula is C16H27NO3. The summed E-state index contributed by atoms with van der Waals surface area (Å²) in [5.74, 6) is 0.733. The van der Waals surface area contributed by atoms with Crippen LogP contribution >= 0.6 is 0 Å². The fourth-order valence-corrected chi connectivity index (χ4v) is 1.90. The van der Waals surface area contributed by atoms with E-state index >= 15 is 0 Å². The zero-order chi connectivity index (χ0) is 14.6. The molecule has 0 bridgehead atoms. The molecule has 0 amide bonds. The standard InChI is InChI=1S/C16H27NO3/c1-2-3-4-7-10-19-12-15(18)13-20-16-9-6-5-8-14(16)11-17/h5-6,8-9,15,18H,2-4,7,10-13,17H2,1H3. The Morgan fingerprint density at radius 2 is 1.95 bits per heavy atom. The Hall–Kier alpha value is -1.10. The van der Waals surface area contributed by atoms with Gasteiger partial charge in [-0.1, -0.05) is 44.4 Å². The number of hydrogen-bond acceptors (Lipinski definition) is 4. The number of ether oxygens (including phenoxy) is 2. The molecule has 0 aliphatic rings. The molecule has 0 radical (unpaired) electrons. The Morgan fingerprint density at radius 3 is 2.70 bits per heavy atom. The maximum Gasteiger partial charge on any atom is 0.123 e. The van der Waals surface area contributed by atoms with Gasteiger partial charge in [-0.2, -0.15) is 0 Å². The number of nitrogens with two attached hydrogens (primary N) is 1. The van der Waals surface area contributed by atoms with Crippen LogP contribution in [0.5, 0.6) is 5.75 Å². The molecule has 1 unspecified atom stereocenters. The molecule has 0 heterocycles.